The van der Waals surface area contributed by atoms with Crippen LogP contribution in [0.1, 0.15) is 6.92 Å². The van der Waals surface area contributed by atoms with Crippen LogP contribution in [0.2, 0.25) is 0 Å². The molecule has 0 fully saturated rings. The molecule has 0 aliphatic heterocycles. The number of H-pyrrole nitrogens is 1. The highest BCUT2D eigenvalue weighted by molar-refractivity contribution is 7.89. The summed E-state index contributed by atoms with van der Waals surface area (Å²) in [6, 6.07) is -0.227. The fourth-order valence-corrected chi connectivity index (χ4v) is 2.21. The van der Waals surface area contributed by atoms with Gasteiger partial charge in [-0.2, -0.15) is 9.40 Å². The first-order chi connectivity index (χ1) is 6.50. The minimum Gasteiger partial charge on any atom is -0.329 e. The van der Waals surface area contributed by atoms with Crippen LogP contribution in [-0.2, 0) is 10.0 Å². The molecule has 0 saturated heterocycles. The molecular formula is C7H14N4O2S. The normalized spacial score (nSPS) is 14.6. The number of nitrogens with zero attached hydrogens (tertiary/aromatic N) is 2. The van der Waals surface area contributed by atoms with Gasteiger partial charge in [0.05, 0.1) is 6.20 Å². The minimum atomic E-state index is -3.45. The Morgan fingerprint density at radius 2 is 2.36 bits per heavy atom. The van der Waals surface area contributed by atoms with Crippen molar-refractivity contribution in [3.8, 4) is 0 Å². The first-order valence-corrected chi connectivity index (χ1v) is 5.61. The average Bonchev–Trinajstić information content (AvgIpc) is 2.68. The Kier molecular flexibility index (Phi) is 3.25. The maximum absolute atomic E-state index is 11.8. The van der Waals surface area contributed by atoms with Gasteiger partial charge in [-0.15, -0.1) is 0 Å². The molecule has 0 amide bonds. The Hall–Kier alpha value is -0.920. The van der Waals surface area contributed by atoms with E-state index >= 15 is 0 Å². The molecule has 0 aliphatic carbocycles. The van der Waals surface area contributed by atoms with Gasteiger partial charge in [0.1, 0.15) is 4.90 Å². The summed E-state index contributed by atoms with van der Waals surface area (Å²) in [6.45, 7) is 2.03. The molecular weight excluding hydrogens is 204 g/mol. The third kappa shape index (κ3) is 1.94. The Morgan fingerprint density at radius 1 is 1.71 bits per heavy atom. The van der Waals surface area contributed by atoms with E-state index in [4.69, 9.17) is 5.73 Å². The van der Waals surface area contributed by atoms with E-state index in [1.54, 1.807) is 6.92 Å². The molecule has 0 aliphatic rings. The number of nitrogens with one attached hydrogen (secondary N) is 1. The molecule has 1 unspecified atom stereocenters. The Labute approximate surface area is 83.1 Å². The summed E-state index contributed by atoms with van der Waals surface area (Å²) in [5, 5.41) is 6.05. The Balaban J connectivity index is 2.97. The summed E-state index contributed by atoms with van der Waals surface area (Å²) in [5.74, 6) is 0. The Bertz CT molecular complexity index is 372. The molecule has 0 aromatic carbocycles. The molecule has 0 bridgehead atoms. The van der Waals surface area contributed by atoms with Gasteiger partial charge in [0, 0.05) is 25.8 Å². The number of rotatable bonds is 4. The lowest BCUT2D eigenvalue weighted by molar-refractivity contribution is 0.394. The zero-order valence-electron chi connectivity index (χ0n) is 8.14. The summed E-state index contributed by atoms with van der Waals surface area (Å²) >= 11 is 0. The van der Waals surface area contributed by atoms with E-state index in [2.05, 4.69) is 10.2 Å². The van der Waals surface area contributed by atoms with Crippen LogP contribution in [0.5, 0.6) is 0 Å². The highest BCUT2D eigenvalue weighted by Crippen LogP contribution is 2.13. The lowest BCUT2D eigenvalue weighted by atomic mass is 10.4. The first kappa shape index (κ1) is 11.2. The fourth-order valence-electron chi connectivity index (χ4n) is 0.932. The molecule has 6 nitrogen and oxygen atoms in total. The lowest BCUT2D eigenvalue weighted by Gasteiger charge is -2.21. The van der Waals surface area contributed by atoms with Gasteiger partial charge < -0.3 is 5.73 Å². The van der Waals surface area contributed by atoms with Crippen molar-refractivity contribution in [3.63, 3.8) is 0 Å². The van der Waals surface area contributed by atoms with Gasteiger partial charge in [0.2, 0.25) is 10.0 Å². The zero-order chi connectivity index (χ0) is 10.8. The van der Waals surface area contributed by atoms with Crippen molar-refractivity contribution in [1.82, 2.24) is 14.5 Å². The predicted octanol–water partition coefficient (Wildman–Crippen LogP) is -0.623. The number of aromatic amines is 1. The third-order valence-corrected chi connectivity index (χ3v) is 4.05. The highest BCUT2D eigenvalue weighted by atomic mass is 32.2. The fraction of sp³-hybridized carbons (Fsp3) is 0.571. The largest absolute Gasteiger partial charge is 0.329 e. The third-order valence-electron chi connectivity index (χ3n) is 2.11. The number of nitrogens with two attached hydrogens (primary N) is 1. The van der Waals surface area contributed by atoms with Crippen LogP contribution in [0.25, 0.3) is 0 Å². The van der Waals surface area contributed by atoms with Crippen molar-refractivity contribution in [2.45, 2.75) is 17.9 Å². The second-order valence-electron chi connectivity index (χ2n) is 3.04. The maximum Gasteiger partial charge on any atom is 0.246 e. The number of likely N-dealkylation sites (N-methyl/N-ethyl adjacent to an activating group) is 1. The van der Waals surface area contributed by atoms with Crippen molar-refractivity contribution in [2.24, 2.45) is 5.73 Å². The lowest BCUT2D eigenvalue weighted by Crippen LogP contribution is -2.39. The van der Waals surface area contributed by atoms with Gasteiger partial charge in [-0.25, -0.2) is 8.42 Å². The molecule has 7 heteroatoms. The maximum atomic E-state index is 11.8. The standard InChI is InChI=1S/C7H14N4O2S/c1-6(3-8)11(2)14(12,13)7-4-9-10-5-7/h4-6H,3,8H2,1-2H3,(H,9,10). The molecule has 1 rings (SSSR count). The van der Waals surface area contributed by atoms with Gasteiger partial charge in [0.25, 0.3) is 0 Å². The summed E-state index contributed by atoms with van der Waals surface area (Å²) in [5.41, 5.74) is 5.39. The van der Waals surface area contributed by atoms with E-state index in [1.807, 2.05) is 0 Å². The smallest absolute Gasteiger partial charge is 0.246 e. The second-order valence-corrected chi connectivity index (χ2v) is 5.04. The van der Waals surface area contributed by atoms with E-state index < -0.39 is 10.0 Å². The summed E-state index contributed by atoms with van der Waals surface area (Å²) in [4.78, 5) is 0.153. The van der Waals surface area contributed by atoms with Crippen molar-refractivity contribution >= 4 is 10.0 Å². The average molecular weight is 218 g/mol. The molecule has 14 heavy (non-hydrogen) atoms. The molecule has 3 N–H and O–H groups in total. The molecule has 0 saturated carbocycles. The van der Waals surface area contributed by atoms with Gasteiger partial charge in [-0.05, 0) is 6.92 Å². The molecule has 1 atom stereocenters. The van der Waals surface area contributed by atoms with Gasteiger partial charge >= 0.3 is 0 Å². The highest BCUT2D eigenvalue weighted by Gasteiger charge is 2.25. The van der Waals surface area contributed by atoms with Crippen LogP contribution in [0.15, 0.2) is 17.3 Å². The molecule has 80 valence electrons. The van der Waals surface area contributed by atoms with Crippen molar-refractivity contribution < 1.29 is 8.42 Å². The number of aromatic nitrogens is 2. The molecule has 1 heterocycles. The Morgan fingerprint density at radius 3 is 2.79 bits per heavy atom. The van der Waals surface area contributed by atoms with E-state index in [9.17, 15) is 8.42 Å². The van der Waals surface area contributed by atoms with Gasteiger partial charge in [-0.3, -0.25) is 5.10 Å². The van der Waals surface area contributed by atoms with Crippen molar-refractivity contribution in [1.29, 1.82) is 0 Å². The SMILES string of the molecule is CC(CN)N(C)S(=O)(=O)c1cn[nH]c1. The second kappa shape index (κ2) is 4.07. The van der Waals surface area contributed by atoms with Crippen LogP contribution in [0.3, 0.4) is 0 Å². The number of sulfonamides is 1. The molecule has 0 spiro atoms. The molecule has 1 aromatic rings. The van der Waals surface area contributed by atoms with Crippen LogP contribution < -0.4 is 5.73 Å². The summed E-state index contributed by atoms with van der Waals surface area (Å²) in [7, 11) is -1.95. The van der Waals surface area contributed by atoms with Crippen LogP contribution >= 0.6 is 0 Å². The van der Waals surface area contributed by atoms with Gasteiger partial charge in [-0.1, -0.05) is 0 Å². The number of hydrogen-bond donors (Lipinski definition) is 2. The topological polar surface area (TPSA) is 92.1 Å². The summed E-state index contributed by atoms with van der Waals surface area (Å²) in [6.07, 6.45) is 2.62. The van der Waals surface area contributed by atoms with Gasteiger partial charge in [0.15, 0.2) is 0 Å². The van der Waals surface area contributed by atoms with Crippen molar-refractivity contribution in [2.75, 3.05) is 13.6 Å². The molecule has 1 aromatic heterocycles. The monoisotopic (exact) mass is 218 g/mol. The minimum absolute atomic E-state index is 0.153. The molecule has 0 radical (unpaired) electrons. The van der Waals surface area contributed by atoms with E-state index in [0.29, 0.717) is 0 Å². The van der Waals surface area contributed by atoms with Crippen LogP contribution in [0, 0.1) is 0 Å². The van der Waals surface area contributed by atoms with E-state index in [-0.39, 0.29) is 17.5 Å². The first-order valence-electron chi connectivity index (χ1n) is 4.17. The van der Waals surface area contributed by atoms with Crippen molar-refractivity contribution in [3.05, 3.63) is 12.4 Å². The van der Waals surface area contributed by atoms with E-state index in [0.717, 1.165) is 0 Å². The predicted molar refractivity (Wildman–Crippen MR) is 52.1 cm³/mol. The zero-order valence-corrected chi connectivity index (χ0v) is 8.95. The quantitative estimate of drug-likeness (QED) is 0.704. The van der Waals surface area contributed by atoms with E-state index in [1.165, 1.54) is 23.7 Å². The van der Waals surface area contributed by atoms with Crippen LogP contribution in [0.4, 0.5) is 0 Å². The number of hydrogen-bond acceptors (Lipinski definition) is 4. The summed E-state index contributed by atoms with van der Waals surface area (Å²) < 4.78 is 24.8. The van der Waals surface area contributed by atoms with Crippen LogP contribution in [-0.4, -0.2) is 42.6 Å².